The van der Waals surface area contributed by atoms with Crippen LogP contribution in [0.2, 0.25) is 0 Å². The topological polar surface area (TPSA) is 35.2 Å². The van der Waals surface area contributed by atoms with Crippen LogP contribution in [0, 0.1) is 5.41 Å². The van der Waals surface area contributed by atoms with Crippen molar-refractivity contribution >= 4 is 0 Å². The molecular weight excluding hydrogens is 262 g/mol. The Labute approximate surface area is 109 Å². The molecule has 0 aliphatic carbocycles. The normalized spacial score (nSPS) is 14.6. The molecule has 2 nitrogen and oxygen atoms in total. The first-order valence-corrected chi connectivity index (χ1v) is 5.74. The second kappa shape index (κ2) is 5.36. The van der Waals surface area contributed by atoms with Gasteiger partial charge in [0, 0.05) is 6.04 Å². The van der Waals surface area contributed by atoms with Crippen molar-refractivity contribution in [1.82, 2.24) is 0 Å². The Kier molecular flexibility index (Phi) is 4.45. The minimum atomic E-state index is -4.49. The van der Waals surface area contributed by atoms with E-state index in [0.29, 0.717) is 0 Å². The highest BCUT2D eigenvalue weighted by Crippen LogP contribution is 2.32. The van der Waals surface area contributed by atoms with Crippen molar-refractivity contribution in [3.05, 3.63) is 29.8 Å². The molecule has 0 spiro atoms. The Balaban J connectivity index is 2.83. The van der Waals surface area contributed by atoms with E-state index in [1.54, 1.807) is 0 Å². The molecule has 108 valence electrons. The first kappa shape index (κ1) is 15.8. The number of halogens is 4. The number of hydrogen-bond acceptors (Lipinski definition) is 2. The predicted octanol–water partition coefficient (Wildman–Crippen LogP) is 3.97. The zero-order chi connectivity index (χ0) is 14.8. The summed E-state index contributed by atoms with van der Waals surface area (Å²) in [7, 11) is 0. The zero-order valence-electron chi connectivity index (χ0n) is 11.0. The fourth-order valence-corrected chi connectivity index (χ4v) is 1.44. The van der Waals surface area contributed by atoms with Crippen molar-refractivity contribution in [2.45, 2.75) is 39.3 Å². The highest BCUT2D eigenvalue weighted by Gasteiger charge is 2.43. The summed E-state index contributed by atoms with van der Waals surface area (Å²) in [5.74, 6) is -0.324. The largest absolute Gasteiger partial charge is 0.461 e. The van der Waals surface area contributed by atoms with E-state index in [-0.39, 0.29) is 17.2 Å². The molecule has 0 aliphatic heterocycles. The molecule has 0 amide bonds. The van der Waals surface area contributed by atoms with Crippen LogP contribution in [0.3, 0.4) is 0 Å². The fourth-order valence-electron chi connectivity index (χ4n) is 1.44. The third kappa shape index (κ3) is 4.09. The zero-order valence-corrected chi connectivity index (χ0v) is 11.0. The maximum absolute atomic E-state index is 12.7. The first-order valence-electron chi connectivity index (χ1n) is 5.74. The molecule has 19 heavy (non-hydrogen) atoms. The summed E-state index contributed by atoms with van der Waals surface area (Å²) in [5, 5.41) is 0. The van der Waals surface area contributed by atoms with Crippen LogP contribution < -0.4 is 10.5 Å². The molecule has 0 unspecified atom stereocenters. The van der Waals surface area contributed by atoms with Crippen LogP contribution in [-0.4, -0.2) is 12.5 Å². The standard InChI is InChI=1S/C13H17F4NO/c1-12(2,3)10(18)8-4-6-9(7-5-8)19-13(16,17)11(14)15/h4-7,10-11H,18H2,1-3H3/t10-/m1/s1. The van der Waals surface area contributed by atoms with Crippen LogP contribution in [0.25, 0.3) is 0 Å². The molecule has 0 aromatic heterocycles. The summed E-state index contributed by atoms with van der Waals surface area (Å²) >= 11 is 0. The summed E-state index contributed by atoms with van der Waals surface area (Å²) in [4.78, 5) is 0. The molecular formula is C13H17F4NO. The van der Waals surface area contributed by atoms with Gasteiger partial charge in [0.05, 0.1) is 0 Å². The minimum Gasteiger partial charge on any atom is -0.428 e. The summed E-state index contributed by atoms with van der Waals surface area (Å²) in [5.41, 5.74) is 6.51. The van der Waals surface area contributed by atoms with Crippen molar-refractivity contribution in [3.8, 4) is 5.75 Å². The van der Waals surface area contributed by atoms with Crippen LogP contribution in [0.5, 0.6) is 5.75 Å². The third-order valence-electron chi connectivity index (χ3n) is 2.68. The lowest BCUT2D eigenvalue weighted by Crippen LogP contribution is -2.33. The van der Waals surface area contributed by atoms with Crippen molar-refractivity contribution in [1.29, 1.82) is 0 Å². The number of hydrogen-bond donors (Lipinski definition) is 1. The molecule has 0 saturated heterocycles. The van der Waals surface area contributed by atoms with Crippen molar-refractivity contribution in [3.63, 3.8) is 0 Å². The van der Waals surface area contributed by atoms with E-state index >= 15 is 0 Å². The van der Waals surface area contributed by atoms with Gasteiger partial charge in [-0.2, -0.15) is 17.6 Å². The third-order valence-corrected chi connectivity index (χ3v) is 2.68. The molecule has 0 bridgehead atoms. The Morgan fingerprint density at radius 2 is 1.53 bits per heavy atom. The molecule has 6 heteroatoms. The van der Waals surface area contributed by atoms with Crippen LogP contribution >= 0.6 is 0 Å². The van der Waals surface area contributed by atoms with E-state index in [0.717, 1.165) is 5.56 Å². The van der Waals surface area contributed by atoms with E-state index in [1.807, 2.05) is 20.8 Å². The first-order chi connectivity index (χ1) is 8.54. The van der Waals surface area contributed by atoms with Gasteiger partial charge in [-0.25, -0.2) is 0 Å². The van der Waals surface area contributed by atoms with Crippen molar-refractivity contribution < 1.29 is 22.3 Å². The van der Waals surface area contributed by atoms with Gasteiger partial charge in [-0.05, 0) is 23.1 Å². The Bertz CT molecular complexity index is 412. The molecule has 1 aromatic carbocycles. The van der Waals surface area contributed by atoms with E-state index in [9.17, 15) is 17.6 Å². The van der Waals surface area contributed by atoms with E-state index in [2.05, 4.69) is 4.74 Å². The maximum atomic E-state index is 12.7. The molecule has 0 saturated carbocycles. The van der Waals surface area contributed by atoms with Gasteiger partial charge in [-0.3, -0.25) is 0 Å². The van der Waals surface area contributed by atoms with Gasteiger partial charge in [-0.15, -0.1) is 0 Å². The molecule has 2 N–H and O–H groups in total. The summed E-state index contributed by atoms with van der Waals surface area (Å²) < 4.78 is 53.3. The van der Waals surface area contributed by atoms with Crippen LogP contribution in [0.15, 0.2) is 24.3 Å². The maximum Gasteiger partial charge on any atom is 0.461 e. The lowest BCUT2D eigenvalue weighted by atomic mass is 9.83. The van der Waals surface area contributed by atoms with Gasteiger partial charge in [0.15, 0.2) is 0 Å². The van der Waals surface area contributed by atoms with Gasteiger partial charge in [-0.1, -0.05) is 32.9 Å². The Morgan fingerprint density at radius 3 is 1.89 bits per heavy atom. The molecule has 0 fully saturated rings. The van der Waals surface area contributed by atoms with Gasteiger partial charge in [0.2, 0.25) is 0 Å². The lowest BCUT2D eigenvalue weighted by Gasteiger charge is -2.27. The quantitative estimate of drug-likeness (QED) is 0.846. The average Bonchev–Trinajstić information content (AvgIpc) is 2.27. The highest BCUT2D eigenvalue weighted by atomic mass is 19.3. The number of ether oxygens (including phenoxy) is 1. The molecule has 0 heterocycles. The SMILES string of the molecule is CC(C)(C)[C@H](N)c1ccc(OC(F)(F)C(F)F)cc1. The molecule has 1 atom stereocenters. The monoisotopic (exact) mass is 279 g/mol. The summed E-state index contributed by atoms with van der Waals surface area (Å²) in [6.07, 6.45) is -8.36. The van der Waals surface area contributed by atoms with Crippen molar-refractivity contribution in [2.75, 3.05) is 0 Å². The summed E-state index contributed by atoms with van der Waals surface area (Å²) in [6.45, 7) is 5.81. The molecule has 0 aliphatic rings. The van der Waals surface area contributed by atoms with E-state index in [1.165, 1.54) is 24.3 Å². The van der Waals surface area contributed by atoms with Gasteiger partial charge in [0.25, 0.3) is 0 Å². The second-order valence-corrected chi connectivity index (χ2v) is 5.38. The van der Waals surface area contributed by atoms with E-state index < -0.39 is 12.5 Å². The Hall–Kier alpha value is -1.30. The minimum absolute atomic E-state index is 0.199. The fraction of sp³-hybridized carbons (Fsp3) is 0.538. The Morgan fingerprint density at radius 1 is 1.05 bits per heavy atom. The number of benzene rings is 1. The molecule has 1 aromatic rings. The summed E-state index contributed by atoms with van der Waals surface area (Å²) in [6, 6.07) is 5.10. The van der Waals surface area contributed by atoms with E-state index in [4.69, 9.17) is 5.73 Å². The lowest BCUT2D eigenvalue weighted by molar-refractivity contribution is -0.253. The van der Waals surface area contributed by atoms with Gasteiger partial charge in [0.1, 0.15) is 5.75 Å². The van der Waals surface area contributed by atoms with Crippen LogP contribution in [0.4, 0.5) is 17.6 Å². The molecule has 0 radical (unpaired) electrons. The number of rotatable bonds is 4. The number of alkyl halides is 4. The predicted molar refractivity (Wildman–Crippen MR) is 64.4 cm³/mol. The van der Waals surface area contributed by atoms with Crippen molar-refractivity contribution in [2.24, 2.45) is 11.1 Å². The average molecular weight is 279 g/mol. The molecule has 1 rings (SSSR count). The number of nitrogens with two attached hydrogens (primary N) is 1. The smallest absolute Gasteiger partial charge is 0.428 e. The highest BCUT2D eigenvalue weighted by molar-refractivity contribution is 5.30. The van der Waals surface area contributed by atoms with Crippen LogP contribution in [-0.2, 0) is 0 Å². The van der Waals surface area contributed by atoms with Crippen LogP contribution in [0.1, 0.15) is 32.4 Å². The second-order valence-electron chi connectivity index (χ2n) is 5.38. The van der Waals surface area contributed by atoms with Gasteiger partial charge >= 0.3 is 12.5 Å². The van der Waals surface area contributed by atoms with Gasteiger partial charge < -0.3 is 10.5 Å².